The lowest BCUT2D eigenvalue weighted by Crippen LogP contribution is -2.09. The van der Waals surface area contributed by atoms with Gasteiger partial charge in [0.25, 0.3) is 0 Å². The first kappa shape index (κ1) is 13.6. The number of nitrogens with one attached hydrogen (secondary N) is 1. The van der Waals surface area contributed by atoms with Gasteiger partial charge < -0.3 is 9.73 Å². The van der Waals surface area contributed by atoms with Gasteiger partial charge in [-0.1, -0.05) is 25.1 Å². The lowest BCUT2D eigenvalue weighted by molar-refractivity contribution is -0.111. The van der Waals surface area contributed by atoms with Crippen molar-refractivity contribution in [2.45, 2.75) is 13.3 Å². The zero-order chi connectivity index (χ0) is 13.7. The van der Waals surface area contributed by atoms with E-state index in [4.69, 9.17) is 4.42 Å². The molecule has 0 saturated heterocycles. The molecule has 2 rings (SSSR count). The summed E-state index contributed by atoms with van der Waals surface area (Å²) in [4.78, 5) is 11.8. The quantitative estimate of drug-likeness (QED) is 0.856. The number of para-hydroxylation sites is 1. The number of aryl methyl sites for hydroxylation is 1. The first-order valence-corrected chi connectivity index (χ1v) is 6.80. The minimum Gasteiger partial charge on any atom is -0.450 e. The van der Waals surface area contributed by atoms with Crippen LogP contribution in [0, 0.1) is 0 Å². The Morgan fingerprint density at radius 3 is 2.79 bits per heavy atom. The van der Waals surface area contributed by atoms with Gasteiger partial charge in [-0.2, -0.15) is 0 Å². The average Bonchev–Trinajstić information content (AvgIpc) is 2.83. The van der Waals surface area contributed by atoms with Gasteiger partial charge in [0, 0.05) is 11.8 Å². The molecule has 19 heavy (non-hydrogen) atoms. The molecule has 3 nitrogen and oxygen atoms in total. The highest BCUT2D eigenvalue weighted by atomic mass is 79.9. The zero-order valence-electron chi connectivity index (χ0n) is 10.5. The topological polar surface area (TPSA) is 42.2 Å². The standard InChI is InChI=1S/C15H14BrNO2/c1-2-11-5-3-4-6-13(11)17-15(18)10-8-12-7-9-14(16)19-12/h3-10H,2H2,1H3,(H,17,18)/b10-8+. The summed E-state index contributed by atoms with van der Waals surface area (Å²) in [6.07, 6.45) is 3.97. The van der Waals surface area contributed by atoms with Crippen LogP contribution in [0.1, 0.15) is 18.2 Å². The summed E-state index contributed by atoms with van der Waals surface area (Å²) in [6, 6.07) is 11.3. The SMILES string of the molecule is CCc1ccccc1NC(=O)/C=C/c1ccc(Br)o1. The van der Waals surface area contributed by atoms with Crippen molar-refractivity contribution < 1.29 is 9.21 Å². The van der Waals surface area contributed by atoms with E-state index in [2.05, 4.69) is 28.2 Å². The van der Waals surface area contributed by atoms with Gasteiger partial charge in [0.15, 0.2) is 4.67 Å². The van der Waals surface area contributed by atoms with Gasteiger partial charge in [0.2, 0.25) is 5.91 Å². The fourth-order valence-corrected chi connectivity index (χ4v) is 2.02. The monoisotopic (exact) mass is 319 g/mol. The van der Waals surface area contributed by atoms with E-state index < -0.39 is 0 Å². The molecule has 0 unspecified atom stereocenters. The molecule has 4 heteroatoms. The molecule has 0 aliphatic heterocycles. The minimum absolute atomic E-state index is 0.173. The molecule has 0 bridgehead atoms. The Hall–Kier alpha value is -1.81. The number of furan rings is 1. The highest BCUT2D eigenvalue weighted by molar-refractivity contribution is 9.10. The molecular weight excluding hydrogens is 306 g/mol. The molecule has 0 saturated carbocycles. The van der Waals surface area contributed by atoms with Gasteiger partial charge in [-0.15, -0.1) is 0 Å². The molecule has 0 spiro atoms. The number of carbonyl (C=O) groups is 1. The van der Waals surface area contributed by atoms with Crippen LogP contribution in [0.2, 0.25) is 0 Å². The van der Waals surface area contributed by atoms with Crippen molar-refractivity contribution in [2.75, 3.05) is 5.32 Å². The molecule has 2 aromatic rings. The molecule has 0 aliphatic rings. The first-order valence-electron chi connectivity index (χ1n) is 6.01. The second-order valence-corrected chi connectivity index (χ2v) is 4.76. The molecule has 0 atom stereocenters. The van der Waals surface area contributed by atoms with E-state index in [1.807, 2.05) is 24.3 Å². The first-order chi connectivity index (χ1) is 9.19. The predicted molar refractivity (Wildman–Crippen MR) is 79.9 cm³/mol. The summed E-state index contributed by atoms with van der Waals surface area (Å²) >= 11 is 3.21. The van der Waals surface area contributed by atoms with E-state index in [1.54, 1.807) is 18.2 Å². The fraction of sp³-hybridized carbons (Fsp3) is 0.133. The molecule has 0 radical (unpaired) electrons. The second-order valence-electron chi connectivity index (χ2n) is 3.98. The highest BCUT2D eigenvalue weighted by Gasteiger charge is 2.02. The van der Waals surface area contributed by atoms with Gasteiger partial charge >= 0.3 is 0 Å². The number of hydrogen-bond acceptors (Lipinski definition) is 2. The fourth-order valence-electron chi connectivity index (χ4n) is 1.70. The van der Waals surface area contributed by atoms with Crippen LogP contribution in [0.4, 0.5) is 5.69 Å². The van der Waals surface area contributed by atoms with Crippen LogP contribution in [0.5, 0.6) is 0 Å². The number of rotatable bonds is 4. The van der Waals surface area contributed by atoms with Crippen molar-refractivity contribution in [1.29, 1.82) is 0 Å². The second kappa shape index (κ2) is 6.38. The van der Waals surface area contributed by atoms with Crippen molar-refractivity contribution in [3.63, 3.8) is 0 Å². The number of benzene rings is 1. The number of hydrogen-bond donors (Lipinski definition) is 1. The van der Waals surface area contributed by atoms with Gasteiger partial charge in [-0.05, 0) is 52.2 Å². The van der Waals surface area contributed by atoms with Crippen LogP contribution in [-0.4, -0.2) is 5.91 Å². The Bertz CT molecular complexity index is 602. The third kappa shape index (κ3) is 3.83. The number of anilines is 1. The van der Waals surface area contributed by atoms with Crippen LogP contribution in [0.15, 0.2) is 51.6 Å². The van der Waals surface area contributed by atoms with E-state index in [1.165, 1.54) is 6.08 Å². The lowest BCUT2D eigenvalue weighted by Gasteiger charge is -2.07. The molecule has 1 aromatic carbocycles. The van der Waals surface area contributed by atoms with E-state index in [0.717, 1.165) is 17.7 Å². The summed E-state index contributed by atoms with van der Waals surface area (Å²) in [6.45, 7) is 2.06. The minimum atomic E-state index is -0.173. The van der Waals surface area contributed by atoms with Gasteiger partial charge in [0.05, 0.1) is 0 Å². The largest absolute Gasteiger partial charge is 0.450 e. The molecule has 1 aromatic heterocycles. The Morgan fingerprint density at radius 2 is 2.11 bits per heavy atom. The maximum Gasteiger partial charge on any atom is 0.248 e. The molecule has 1 amide bonds. The zero-order valence-corrected chi connectivity index (χ0v) is 12.1. The lowest BCUT2D eigenvalue weighted by atomic mass is 10.1. The van der Waals surface area contributed by atoms with E-state index in [0.29, 0.717) is 10.4 Å². The third-order valence-corrected chi connectivity index (χ3v) is 3.08. The Kier molecular flexibility index (Phi) is 4.58. The third-order valence-electron chi connectivity index (χ3n) is 2.65. The Balaban J connectivity index is 2.03. The molecular formula is C15H14BrNO2. The smallest absolute Gasteiger partial charge is 0.248 e. The van der Waals surface area contributed by atoms with Crippen molar-refractivity contribution >= 4 is 33.6 Å². The maximum atomic E-state index is 11.8. The summed E-state index contributed by atoms with van der Waals surface area (Å²) in [5.74, 6) is 0.458. The predicted octanol–water partition coefficient (Wildman–Crippen LogP) is 4.26. The van der Waals surface area contributed by atoms with Crippen LogP contribution in [0.3, 0.4) is 0 Å². The van der Waals surface area contributed by atoms with Crippen LogP contribution in [0.25, 0.3) is 6.08 Å². The van der Waals surface area contributed by atoms with Crippen molar-refractivity contribution in [3.8, 4) is 0 Å². The summed E-state index contributed by atoms with van der Waals surface area (Å²) in [5.41, 5.74) is 1.96. The molecule has 0 aliphatic carbocycles. The highest BCUT2D eigenvalue weighted by Crippen LogP contribution is 2.17. The molecule has 98 valence electrons. The molecule has 0 fully saturated rings. The van der Waals surface area contributed by atoms with Crippen molar-refractivity contribution in [1.82, 2.24) is 0 Å². The van der Waals surface area contributed by atoms with Crippen molar-refractivity contribution in [2.24, 2.45) is 0 Å². The normalized spacial score (nSPS) is 10.8. The van der Waals surface area contributed by atoms with Crippen LogP contribution < -0.4 is 5.32 Å². The maximum absolute atomic E-state index is 11.8. The summed E-state index contributed by atoms with van der Waals surface area (Å²) in [5, 5.41) is 2.86. The van der Waals surface area contributed by atoms with E-state index in [-0.39, 0.29) is 5.91 Å². The Morgan fingerprint density at radius 1 is 1.32 bits per heavy atom. The van der Waals surface area contributed by atoms with Crippen LogP contribution in [-0.2, 0) is 11.2 Å². The number of amides is 1. The van der Waals surface area contributed by atoms with E-state index in [9.17, 15) is 4.79 Å². The molecule has 1 heterocycles. The number of carbonyl (C=O) groups excluding carboxylic acids is 1. The number of halogens is 1. The Labute approximate surface area is 120 Å². The van der Waals surface area contributed by atoms with Gasteiger partial charge in [-0.25, -0.2) is 0 Å². The average molecular weight is 320 g/mol. The van der Waals surface area contributed by atoms with Crippen LogP contribution >= 0.6 is 15.9 Å². The molecule has 1 N–H and O–H groups in total. The van der Waals surface area contributed by atoms with E-state index >= 15 is 0 Å². The summed E-state index contributed by atoms with van der Waals surface area (Å²) in [7, 11) is 0. The van der Waals surface area contributed by atoms with Gasteiger partial charge in [0.1, 0.15) is 5.76 Å². The van der Waals surface area contributed by atoms with Gasteiger partial charge in [-0.3, -0.25) is 4.79 Å². The van der Waals surface area contributed by atoms with Crippen molar-refractivity contribution in [3.05, 3.63) is 58.5 Å². The summed E-state index contributed by atoms with van der Waals surface area (Å²) < 4.78 is 5.92.